The molecule has 4 aromatic carbocycles. The lowest BCUT2D eigenvalue weighted by Crippen LogP contribution is -1.91. The fraction of sp³-hybridized carbons (Fsp3) is 0.0769. The van der Waals surface area contributed by atoms with E-state index in [0.29, 0.717) is 11.5 Å². The number of benzene rings is 4. The normalized spacial score (nSPS) is 10.5. The first-order chi connectivity index (χ1) is 15.0. The van der Waals surface area contributed by atoms with Crippen molar-refractivity contribution in [2.75, 3.05) is 11.5 Å². The Bertz CT molecular complexity index is 1090. The van der Waals surface area contributed by atoms with Gasteiger partial charge in [0.2, 0.25) is 0 Å². The van der Waals surface area contributed by atoms with E-state index in [-0.39, 0.29) is 0 Å². The molecule has 0 fully saturated rings. The number of aryl methyl sites for hydroxylation is 2. The Morgan fingerprint density at radius 2 is 0.677 bits per heavy atom. The van der Waals surface area contributed by atoms with Gasteiger partial charge in [-0.1, -0.05) is 0 Å². The highest BCUT2D eigenvalue weighted by Gasteiger charge is 2.04. The zero-order valence-corrected chi connectivity index (χ0v) is 17.5. The maximum atomic E-state index is 5.91. The van der Waals surface area contributed by atoms with Gasteiger partial charge in [0.05, 0.1) is 0 Å². The molecule has 5 nitrogen and oxygen atoms in total. The quantitative estimate of drug-likeness (QED) is 0.339. The number of nitrogen functional groups attached to an aromatic ring is 2. The minimum absolute atomic E-state index is 0.712. The first kappa shape index (κ1) is 20.2. The second-order valence-electron chi connectivity index (χ2n) is 7.29. The molecule has 5 heteroatoms. The molecule has 0 unspecified atom stereocenters. The lowest BCUT2D eigenvalue weighted by atomic mass is 10.2. The maximum absolute atomic E-state index is 5.91. The van der Waals surface area contributed by atoms with Gasteiger partial charge in [-0.2, -0.15) is 0 Å². The molecule has 0 aromatic heterocycles. The first-order valence-corrected chi connectivity index (χ1v) is 9.92. The van der Waals surface area contributed by atoms with Crippen molar-refractivity contribution in [2.45, 2.75) is 13.8 Å². The standard InChI is InChI=1S/C26H24N2O3/c1-17-15-23(11-13-25(17)27)30-21-7-3-19(4-8-21)29-20-5-9-22(10-6-20)31-24-12-14-26(28)18(2)16-24/h3-16H,27-28H2,1-2H3. The maximum Gasteiger partial charge on any atom is 0.127 e. The van der Waals surface area contributed by atoms with Crippen LogP contribution in [0.5, 0.6) is 34.5 Å². The van der Waals surface area contributed by atoms with Crippen LogP contribution in [0.1, 0.15) is 11.1 Å². The summed E-state index contributed by atoms with van der Waals surface area (Å²) in [6.45, 7) is 3.90. The number of hydrogen-bond acceptors (Lipinski definition) is 5. The van der Waals surface area contributed by atoms with Crippen molar-refractivity contribution in [3.8, 4) is 34.5 Å². The largest absolute Gasteiger partial charge is 0.457 e. The summed E-state index contributed by atoms with van der Waals surface area (Å²) in [7, 11) is 0. The van der Waals surface area contributed by atoms with Gasteiger partial charge in [-0.15, -0.1) is 0 Å². The van der Waals surface area contributed by atoms with Gasteiger partial charge in [0, 0.05) is 11.4 Å². The molecule has 0 saturated heterocycles. The molecule has 0 amide bonds. The zero-order valence-electron chi connectivity index (χ0n) is 17.5. The average Bonchev–Trinajstić information content (AvgIpc) is 2.76. The van der Waals surface area contributed by atoms with Crippen molar-refractivity contribution in [3.63, 3.8) is 0 Å². The molecule has 0 aliphatic heterocycles. The Balaban J connectivity index is 1.37. The average molecular weight is 412 g/mol. The van der Waals surface area contributed by atoms with Crippen molar-refractivity contribution in [2.24, 2.45) is 0 Å². The van der Waals surface area contributed by atoms with Crippen LogP contribution in [0.3, 0.4) is 0 Å². The van der Waals surface area contributed by atoms with Crippen LogP contribution in [-0.2, 0) is 0 Å². The van der Waals surface area contributed by atoms with Crippen LogP contribution in [0.15, 0.2) is 84.9 Å². The van der Waals surface area contributed by atoms with Crippen LogP contribution in [0, 0.1) is 13.8 Å². The Morgan fingerprint density at radius 1 is 0.419 bits per heavy atom. The van der Waals surface area contributed by atoms with E-state index in [1.807, 2.05) is 98.8 Å². The number of rotatable bonds is 6. The fourth-order valence-corrected chi connectivity index (χ4v) is 2.98. The molecule has 0 radical (unpaired) electrons. The van der Waals surface area contributed by atoms with Gasteiger partial charge in [-0.05, 0) is 110 Å². The lowest BCUT2D eigenvalue weighted by Gasteiger charge is -2.11. The molecule has 4 rings (SSSR count). The van der Waals surface area contributed by atoms with E-state index in [0.717, 1.165) is 45.5 Å². The van der Waals surface area contributed by atoms with Gasteiger partial charge < -0.3 is 25.7 Å². The van der Waals surface area contributed by atoms with E-state index in [2.05, 4.69) is 0 Å². The van der Waals surface area contributed by atoms with E-state index < -0.39 is 0 Å². The third-order valence-corrected chi connectivity index (χ3v) is 4.84. The van der Waals surface area contributed by atoms with Crippen LogP contribution in [-0.4, -0.2) is 0 Å². The third-order valence-electron chi connectivity index (χ3n) is 4.84. The summed E-state index contributed by atoms with van der Waals surface area (Å²) >= 11 is 0. The molecule has 156 valence electrons. The summed E-state index contributed by atoms with van der Waals surface area (Å²) in [6.07, 6.45) is 0. The zero-order chi connectivity index (χ0) is 21.8. The van der Waals surface area contributed by atoms with Gasteiger partial charge in [0.25, 0.3) is 0 Å². The minimum atomic E-state index is 0.712. The van der Waals surface area contributed by atoms with Gasteiger partial charge in [0.1, 0.15) is 34.5 Å². The Hall–Kier alpha value is -4.12. The third kappa shape index (κ3) is 5.08. The van der Waals surface area contributed by atoms with Crippen molar-refractivity contribution < 1.29 is 14.2 Å². The molecular formula is C26H24N2O3. The van der Waals surface area contributed by atoms with Crippen LogP contribution in [0.25, 0.3) is 0 Å². The summed E-state index contributed by atoms with van der Waals surface area (Å²) in [5, 5.41) is 0. The predicted octanol–water partition coefficient (Wildman–Crippen LogP) is 6.84. The van der Waals surface area contributed by atoms with Crippen LogP contribution < -0.4 is 25.7 Å². The summed E-state index contributed by atoms with van der Waals surface area (Å²) < 4.78 is 17.7. The van der Waals surface area contributed by atoms with Crippen LogP contribution in [0.4, 0.5) is 11.4 Å². The molecule has 0 heterocycles. The lowest BCUT2D eigenvalue weighted by molar-refractivity contribution is 0.464. The number of hydrogen-bond donors (Lipinski definition) is 2. The Labute approximate surface area is 181 Å². The van der Waals surface area contributed by atoms with E-state index in [1.54, 1.807) is 0 Å². The molecule has 0 spiro atoms. The van der Waals surface area contributed by atoms with Gasteiger partial charge in [0.15, 0.2) is 0 Å². The molecule has 4 N–H and O–H groups in total. The second-order valence-corrected chi connectivity index (χ2v) is 7.29. The SMILES string of the molecule is Cc1cc(Oc2ccc(Oc3ccc(Oc4ccc(N)c(C)c4)cc3)cc2)ccc1N. The molecule has 0 bridgehead atoms. The van der Waals surface area contributed by atoms with Crippen molar-refractivity contribution in [3.05, 3.63) is 96.1 Å². The summed E-state index contributed by atoms with van der Waals surface area (Å²) in [6, 6.07) is 26.1. The number of nitrogens with two attached hydrogens (primary N) is 2. The van der Waals surface area contributed by atoms with Crippen molar-refractivity contribution >= 4 is 11.4 Å². The molecule has 0 aliphatic rings. The highest BCUT2D eigenvalue weighted by Crippen LogP contribution is 2.30. The topological polar surface area (TPSA) is 79.7 Å². The molecule has 0 atom stereocenters. The van der Waals surface area contributed by atoms with Crippen molar-refractivity contribution in [1.82, 2.24) is 0 Å². The summed E-state index contributed by atoms with van der Waals surface area (Å²) in [5.41, 5.74) is 15.2. The summed E-state index contributed by atoms with van der Waals surface area (Å²) in [4.78, 5) is 0. The van der Waals surface area contributed by atoms with E-state index in [9.17, 15) is 0 Å². The number of anilines is 2. The minimum Gasteiger partial charge on any atom is -0.457 e. The second kappa shape index (κ2) is 8.71. The van der Waals surface area contributed by atoms with Crippen LogP contribution >= 0.6 is 0 Å². The monoisotopic (exact) mass is 412 g/mol. The smallest absolute Gasteiger partial charge is 0.127 e. The van der Waals surface area contributed by atoms with Crippen LogP contribution in [0.2, 0.25) is 0 Å². The van der Waals surface area contributed by atoms with E-state index in [1.165, 1.54) is 0 Å². The molecular weight excluding hydrogens is 388 g/mol. The number of ether oxygens (including phenoxy) is 3. The van der Waals surface area contributed by atoms with E-state index >= 15 is 0 Å². The van der Waals surface area contributed by atoms with Gasteiger partial charge in [-0.3, -0.25) is 0 Å². The first-order valence-electron chi connectivity index (χ1n) is 9.92. The predicted molar refractivity (Wildman–Crippen MR) is 124 cm³/mol. The highest BCUT2D eigenvalue weighted by atomic mass is 16.5. The van der Waals surface area contributed by atoms with Crippen molar-refractivity contribution in [1.29, 1.82) is 0 Å². The Morgan fingerprint density at radius 3 is 0.968 bits per heavy atom. The van der Waals surface area contributed by atoms with Gasteiger partial charge >= 0.3 is 0 Å². The molecule has 4 aromatic rings. The van der Waals surface area contributed by atoms with E-state index in [4.69, 9.17) is 25.7 Å². The van der Waals surface area contributed by atoms with Gasteiger partial charge in [-0.25, -0.2) is 0 Å². The molecule has 0 saturated carbocycles. The Kier molecular flexibility index (Phi) is 5.67. The summed E-state index contributed by atoms with van der Waals surface area (Å²) in [5.74, 6) is 4.35. The molecule has 0 aliphatic carbocycles. The highest BCUT2D eigenvalue weighted by molar-refractivity contribution is 5.51. The molecule has 31 heavy (non-hydrogen) atoms. The fourth-order valence-electron chi connectivity index (χ4n) is 2.98.